The monoisotopic (exact) mass is 279 g/mol. The zero-order chi connectivity index (χ0) is 13.9. The van der Waals surface area contributed by atoms with Crippen molar-refractivity contribution in [2.45, 2.75) is 37.2 Å². The van der Waals surface area contributed by atoms with Crippen LogP contribution in [0.15, 0.2) is 11.1 Å². The van der Waals surface area contributed by atoms with E-state index in [4.69, 9.17) is 0 Å². The summed E-state index contributed by atoms with van der Waals surface area (Å²) in [7, 11) is 1.50. The second-order valence-electron chi connectivity index (χ2n) is 4.23. The topological polar surface area (TPSA) is 37.8 Å². The van der Waals surface area contributed by atoms with E-state index in [1.807, 2.05) is 20.8 Å². The van der Waals surface area contributed by atoms with Gasteiger partial charge >= 0.3 is 6.18 Å². The van der Waals surface area contributed by atoms with Crippen molar-refractivity contribution in [3.05, 3.63) is 11.8 Å². The number of nitrogens with zero attached hydrogens (tertiary/aromatic N) is 2. The van der Waals surface area contributed by atoms with Gasteiger partial charge in [0.05, 0.1) is 0 Å². The van der Waals surface area contributed by atoms with E-state index >= 15 is 0 Å². The van der Waals surface area contributed by atoms with Crippen LogP contribution in [0.25, 0.3) is 0 Å². The number of halogens is 3. The molecule has 1 aromatic heterocycles. The molecule has 7 heteroatoms. The van der Waals surface area contributed by atoms with Crippen molar-refractivity contribution in [3.8, 4) is 0 Å². The molecule has 3 nitrogen and oxygen atoms in total. The van der Waals surface area contributed by atoms with Crippen LogP contribution in [0.3, 0.4) is 0 Å². The Bertz CT molecular complexity index is 407. The minimum Gasteiger partial charge on any atom is -0.357 e. The highest BCUT2D eigenvalue weighted by atomic mass is 32.2. The van der Waals surface area contributed by atoms with Crippen LogP contribution in [-0.4, -0.2) is 22.3 Å². The van der Waals surface area contributed by atoms with E-state index in [0.717, 1.165) is 6.07 Å². The van der Waals surface area contributed by atoms with Crippen molar-refractivity contribution in [1.82, 2.24) is 9.97 Å². The van der Waals surface area contributed by atoms with E-state index in [9.17, 15) is 13.2 Å². The molecule has 1 atom stereocenters. The van der Waals surface area contributed by atoms with Gasteiger partial charge in [0.25, 0.3) is 0 Å². The maximum atomic E-state index is 12.7. The minimum absolute atomic E-state index is 0.0109. The number of hydrogen-bond acceptors (Lipinski definition) is 4. The standard InChI is InChI=1S/C11H16F3N3S/c1-6(2)7(3)18-9-5-8(11(12,13)14)16-10(15-4)17-9/h5-7H,1-4H3,(H,15,16,17). The lowest BCUT2D eigenvalue weighted by Crippen LogP contribution is -2.12. The summed E-state index contributed by atoms with van der Waals surface area (Å²) < 4.78 is 38.0. The lowest BCUT2D eigenvalue weighted by atomic mass is 10.2. The largest absolute Gasteiger partial charge is 0.433 e. The van der Waals surface area contributed by atoms with Crippen LogP contribution in [0.4, 0.5) is 19.1 Å². The molecule has 0 aliphatic carbocycles. The predicted molar refractivity (Wildman–Crippen MR) is 66.7 cm³/mol. The fourth-order valence-electron chi connectivity index (χ4n) is 1.07. The summed E-state index contributed by atoms with van der Waals surface area (Å²) in [5.74, 6) is 0.348. The van der Waals surface area contributed by atoms with Gasteiger partial charge in [0.1, 0.15) is 5.03 Å². The van der Waals surface area contributed by atoms with E-state index < -0.39 is 11.9 Å². The Hall–Kier alpha value is -0.980. The first-order valence-corrected chi connectivity index (χ1v) is 6.42. The zero-order valence-electron chi connectivity index (χ0n) is 10.7. The first-order valence-electron chi connectivity index (χ1n) is 5.54. The average molecular weight is 279 g/mol. The molecule has 0 radical (unpaired) electrons. The Kier molecular flexibility index (Phi) is 4.84. The Balaban J connectivity index is 3.05. The first-order chi connectivity index (χ1) is 8.24. The van der Waals surface area contributed by atoms with Crippen LogP contribution in [0, 0.1) is 5.92 Å². The van der Waals surface area contributed by atoms with Gasteiger partial charge in [-0.1, -0.05) is 20.8 Å². The Labute approximate surface area is 109 Å². The second-order valence-corrected chi connectivity index (χ2v) is 5.63. The molecule has 18 heavy (non-hydrogen) atoms. The van der Waals surface area contributed by atoms with Crippen molar-refractivity contribution < 1.29 is 13.2 Å². The molecule has 1 unspecified atom stereocenters. The smallest absolute Gasteiger partial charge is 0.357 e. The molecule has 1 heterocycles. The number of thioether (sulfide) groups is 1. The van der Waals surface area contributed by atoms with Crippen LogP contribution in [-0.2, 0) is 6.18 Å². The summed E-state index contributed by atoms with van der Waals surface area (Å²) in [6, 6.07) is 0.990. The molecule has 0 amide bonds. The van der Waals surface area contributed by atoms with Gasteiger partial charge in [0.15, 0.2) is 5.69 Å². The zero-order valence-corrected chi connectivity index (χ0v) is 11.5. The third-order valence-corrected chi connectivity index (χ3v) is 3.83. The van der Waals surface area contributed by atoms with Crippen molar-refractivity contribution in [2.75, 3.05) is 12.4 Å². The van der Waals surface area contributed by atoms with Crippen LogP contribution < -0.4 is 5.32 Å². The molecule has 0 saturated heterocycles. The lowest BCUT2D eigenvalue weighted by molar-refractivity contribution is -0.141. The number of hydrogen-bond donors (Lipinski definition) is 1. The maximum absolute atomic E-state index is 12.7. The number of alkyl halides is 3. The van der Waals surface area contributed by atoms with Gasteiger partial charge in [-0.2, -0.15) is 13.2 Å². The molecule has 0 saturated carbocycles. The van der Waals surface area contributed by atoms with E-state index in [1.54, 1.807) is 0 Å². The van der Waals surface area contributed by atoms with Gasteiger partial charge in [0, 0.05) is 18.4 Å². The maximum Gasteiger partial charge on any atom is 0.433 e. The molecule has 1 aromatic rings. The number of nitrogens with one attached hydrogen (secondary N) is 1. The summed E-state index contributed by atoms with van der Waals surface area (Å²) in [6.45, 7) is 5.99. The van der Waals surface area contributed by atoms with Gasteiger partial charge in [-0.05, 0) is 5.92 Å². The van der Waals surface area contributed by atoms with Crippen molar-refractivity contribution >= 4 is 17.7 Å². The van der Waals surface area contributed by atoms with Gasteiger partial charge in [-0.3, -0.25) is 0 Å². The number of aromatic nitrogens is 2. The molecule has 0 bridgehead atoms. The number of rotatable bonds is 4. The van der Waals surface area contributed by atoms with Crippen LogP contribution in [0.2, 0.25) is 0 Å². The molecule has 102 valence electrons. The minimum atomic E-state index is -4.45. The third-order valence-electron chi connectivity index (χ3n) is 2.46. The first kappa shape index (κ1) is 15.1. The third kappa shape index (κ3) is 4.04. The lowest BCUT2D eigenvalue weighted by Gasteiger charge is -2.15. The van der Waals surface area contributed by atoms with E-state index in [0.29, 0.717) is 10.9 Å². The fourth-order valence-corrected chi connectivity index (χ4v) is 2.04. The Morgan fingerprint density at radius 2 is 1.83 bits per heavy atom. The SMILES string of the molecule is CNc1nc(SC(C)C(C)C)cc(C(F)(F)F)n1. The summed E-state index contributed by atoms with van der Waals surface area (Å²) in [6.07, 6.45) is -4.45. The van der Waals surface area contributed by atoms with Gasteiger partial charge < -0.3 is 5.32 Å². The normalized spacial score (nSPS) is 13.8. The van der Waals surface area contributed by atoms with E-state index in [-0.39, 0.29) is 11.2 Å². The van der Waals surface area contributed by atoms with Crippen LogP contribution in [0.1, 0.15) is 26.5 Å². The second kappa shape index (κ2) is 5.77. The molecular formula is C11H16F3N3S. The highest BCUT2D eigenvalue weighted by Crippen LogP contribution is 2.33. The Morgan fingerprint density at radius 1 is 1.22 bits per heavy atom. The van der Waals surface area contributed by atoms with Gasteiger partial charge in [-0.15, -0.1) is 11.8 Å². The highest BCUT2D eigenvalue weighted by Gasteiger charge is 2.33. The molecule has 0 spiro atoms. The quantitative estimate of drug-likeness (QED) is 0.674. The van der Waals surface area contributed by atoms with E-state index in [2.05, 4.69) is 15.3 Å². The summed E-state index contributed by atoms with van der Waals surface area (Å²) in [5, 5.41) is 3.07. The molecular weight excluding hydrogens is 263 g/mol. The van der Waals surface area contributed by atoms with Crippen LogP contribution >= 0.6 is 11.8 Å². The molecule has 0 aliphatic rings. The van der Waals surface area contributed by atoms with Crippen molar-refractivity contribution in [1.29, 1.82) is 0 Å². The molecule has 0 aromatic carbocycles. The highest BCUT2D eigenvalue weighted by molar-refractivity contribution is 7.99. The van der Waals surface area contributed by atoms with Crippen molar-refractivity contribution in [2.24, 2.45) is 5.92 Å². The molecule has 1 N–H and O–H groups in total. The predicted octanol–water partition coefficient (Wildman–Crippen LogP) is 3.67. The molecule has 0 aliphatic heterocycles. The number of anilines is 1. The summed E-state index contributed by atoms with van der Waals surface area (Å²) >= 11 is 1.32. The van der Waals surface area contributed by atoms with Crippen LogP contribution in [0.5, 0.6) is 0 Å². The van der Waals surface area contributed by atoms with E-state index in [1.165, 1.54) is 18.8 Å². The average Bonchev–Trinajstić information content (AvgIpc) is 2.27. The molecule has 1 rings (SSSR count). The fraction of sp³-hybridized carbons (Fsp3) is 0.636. The van der Waals surface area contributed by atoms with Gasteiger partial charge in [0.2, 0.25) is 5.95 Å². The van der Waals surface area contributed by atoms with Crippen molar-refractivity contribution in [3.63, 3.8) is 0 Å². The summed E-state index contributed by atoms with van der Waals surface area (Å²) in [4.78, 5) is 7.44. The Morgan fingerprint density at radius 3 is 2.28 bits per heavy atom. The molecule has 0 fully saturated rings. The van der Waals surface area contributed by atoms with Gasteiger partial charge in [-0.25, -0.2) is 9.97 Å². The summed E-state index contributed by atoms with van der Waals surface area (Å²) in [5.41, 5.74) is -0.916.